The minimum Gasteiger partial charge on any atom is -0.462 e. The number of carbonyl (C=O) groups excluding carboxylic acids is 1. The fourth-order valence-electron chi connectivity index (χ4n) is 2.25. The molecule has 0 aromatic carbocycles. The zero-order chi connectivity index (χ0) is 27.4. The Kier molecular flexibility index (Phi) is 14.6. The second-order valence-electron chi connectivity index (χ2n) is 7.98. The second-order valence-corrected chi connectivity index (χ2v) is 11.4. The van der Waals surface area contributed by atoms with Crippen LogP contribution in [0.1, 0.15) is 52.4 Å². The molecule has 0 aliphatic heterocycles. The van der Waals surface area contributed by atoms with Gasteiger partial charge in [0, 0.05) is 12.0 Å². The Labute approximate surface area is 197 Å². The third-order valence-electron chi connectivity index (χ3n) is 4.14. The number of rotatable bonds is 13. The zero-order valence-electron chi connectivity index (χ0n) is 19.5. The fraction of sp³-hybridized carbons (Fsp3) is 0.833. The number of halogens is 6. The molecular weight excluding hydrogens is 518 g/mol. The van der Waals surface area contributed by atoms with Crippen LogP contribution in [0.15, 0.2) is 12.2 Å². The van der Waals surface area contributed by atoms with Gasteiger partial charge in [0.1, 0.15) is 0 Å². The molecule has 0 N–H and O–H groups in total. The molecule has 0 aliphatic rings. The van der Waals surface area contributed by atoms with Crippen molar-refractivity contribution in [2.75, 3.05) is 33.8 Å². The van der Waals surface area contributed by atoms with Gasteiger partial charge in [0.2, 0.25) is 0 Å². The SMILES string of the molecule is C=C(C)C(=O)OCCC[N+](C)(C)CCCCCCC.O=S(=O)([N-]S(=O)(=O)C(F)(F)F)C(F)(F)F. The van der Waals surface area contributed by atoms with E-state index in [1.54, 1.807) is 6.92 Å². The van der Waals surface area contributed by atoms with Gasteiger partial charge in [-0.3, -0.25) is 0 Å². The lowest BCUT2D eigenvalue weighted by Gasteiger charge is -2.29. The highest BCUT2D eigenvalue weighted by atomic mass is 32.3. The van der Waals surface area contributed by atoms with Crippen LogP contribution in [0.4, 0.5) is 26.3 Å². The van der Waals surface area contributed by atoms with Crippen LogP contribution in [-0.4, -0.2) is 72.1 Å². The molecule has 0 aromatic heterocycles. The topological polar surface area (TPSA) is 109 Å². The second kappa shape index (κ2) is 14.2. The minimum absolute atomic E-state index is 0.273. The van der Waals surface area contributed by atoms with Crippen LogP contribution < -0.4 is 0 Å². The van der Waals surface area contributed by atoms with Crippen molar-refractivity contribution < 1.29 is 57.2 Å². The van der Waals surface area contributed by atoms with Gasteiger partial charge in [-0.2, -0.15) is 26.3 Å². The summed E-state index contributed by atoms with van der Waals surface area (Å²) in [5.41, 5.74) is -11.9. The number of quaternary nitrogens is 1. The lowest BCUT2D eigenvalue weighted by atomic mass is 10.1. The van der Waals surface area contributed by atoms with Gasteiger partial charge in [0.15, 0.2) is 20.0 Å². The molecule has 0 bridgehead atoms. The van der Waals surface area contributed by atoms with E-state index < -0.39 is 31.1 Å². The standard InChI is InChI=1S/C16H32NO2.C2F6NO4S2/c1-6-7-8-9-10-12-17(4,5)13-11-14-19-16(18)15(2)3;3-1(4,5)14(10,11)9-15(12,13)2(6,7)8/h2,6-14H2,1,3-5H3;/q+1;-1. The molecule has 8 nitrogen and oxygen atoms in total. The maximum Gasteiger partial charge on any atom is 0.480 e. The van der Waals surface area contributed by atoms with E-state index >= 15 is 0 Å². The van der Waals surface area contributed by atoms with Gasteiger partial charge in [0.25, 0.3) is 0 Å². The average molecular weight is 551 g/mol. The van der Waals surface area contributed by atoms with E-state index in [9.17, 15) is 48.0 Å². The lowest BCUT2D eigenvalue weighted by molar-refractivity contribution is -0.890. The van der Waals surface area contributed by atoms with Gasteiger partial charge in [-0.15, -0.1) is 0 Å². The molecule has 0 atom stereocenters. The molecule has 0 amide bonds. The first-order chi connectivity index (χ1) is 15.1. The number of nitrogens with zero attached hydrogens (tertiary/aromatic N) is 2. The molecule has 0 spiro atoms. The van der Waals surface area contributed by atoms with Crippen LogP contribution in [-0.2, 0) is 29.6 Å². The Hall–Kier alpha value is -1.39. The number of hydrogen-bond donors (Lipinski definition) is 0. The van der Waals surface area contributed by atoms with Crippen molar-refractivity contribution >= 4 is 26.0 Å². The van der Waals surface area contributed by atoms with E-state index in [-0.39, 0.29) is 5.97 Å². The van der Waals surface area contributed by atoms with Gasteiger partial charge in [-0.25, -0.2) is 21.6 Å². The zero-order valence-corrected chi connectivity index (χ0v) is 21.1. The summed E-state index contributed by atoms with van der Waals surface area (Å²) in [5, 5.41) is 0. The molecule has 0 heterocycles. The summed E-state index contributed by atoms with van der Waals surface area (Å²) in [5.74, 6) is -0.273. The molecule has 0 aliphatic carbocycles. The van der Waals surface area contributed by atoms with Crippen LogP contribution >= 0.6 is 0 Å². The number of ether oxygens (including phenoxy) is 1. The first-order valence-corrected chi connectivity index (χ1v) is 13.0. The number of hydrogen-bond acceptors (Lipinski definition) is 6. The molecule has 16 heteroatoms. The van der Waals surface area contributed by atoms with E-state index in [1.165, 1.54) is 38.6 Å². The molecular formula is C18H32F6N2O6S2. The van der Waals surface area contributed by atoms with Crippen molar-refractivity contribution in [3.05, 3.63) is 16.3 Å². The Bertz CT molecular complexity index is 811. The maximum absolute atomic E-state index is 11.4. The van der Waals surface area contributed by atoms with Crippen LogP contribution in [0, 0.1) is 0 Å². The molecule has 0 fully saturated rings. The third-order valence-corrected chi connectivity index (χ3v) is 6.88. The summed E-state index contributed by atoms with van der Waals surface area (Å²) in [7, 11) is -8.94. The first kappa shape index (κ1) is 34.8. The Balaban J connectivity index is 0. The van der Waals surface area contributed by atoms with Crippen molar-refractivity contribution in [3.8, 4) is 0 Å². The molecule has 0 unspecified atom stereocenters. The molecule has 34 heavy (non-hydrogen) atoms. The van der Waals surface area contributed by atoms with Gasteiger partial charge in [0.05, 0.1) is 33.8 Å². The molecule has 0 saturated carbocycles. The predicted octanol–water partition coefficient (Wildman–Crippen LogP) is 4.60. The summed E-state index contributed by atoms with van der Waals surface area (Å²) in [4.78, 5) is 11.2. The predicted molar refractivity (Wildman–Crippen MR) is 114 cm³/mol. The smallest absolute Gasteiger partial charge is 0.462 e. The minimum atomic E-state index is -6.72. The number of unbranched alkanes of at least 4 members (excludes halogenated alkanes) is 4. The van der Waals surface area contributed by atoms with Crippen molar-refractivity contribution in [1.29, 1.82) is 0 Å². The highest BCUT2D eigenvalue weighted by Gasteiger charge is 2.46. The number of carbonyl (C=O) groups is 1. The van der Waals surface area contributed by atoms with E-state index in [1.807, 2.05) is 0 Å². The van der Waals surface area contributed by atoms with E-state index in [0.29, 0.717) is 12.2 Å². The Morgan fingerprint density at radius 1 is 0.853 bits per heavy atom. The summed E-state index contributed by atoms with van der Waals surface area (Å²) in [6.07, 6.45) is 7.54. The summed E-state index contributed by atoms with van der Waals surface area (Å²) in [6.45, 7) is 10.3. The summed E-state index contributed by atoms with van der Waals surface area (Å²) >= 11 is 0. The van der Waals surface area contributed by atoms with Crippen LogP contribution in [0.25, 0.3) is 4.13 Å². The number of sulfonamides is 2. The molecule has 0 radical (unpaired) electrons. The van der Waals surface area contributed by atoms with E-state index in [0.717, 1.165) is 21.6 Å². The quantitative estimate of drug-likeness (QED) is 0.109. The average Bonchev–Trinajstić information content (AvgIpc) is 2.62. The lowest BCUT2D eigenvalue weighted by Crippen LogP contribution is -2.41. The van der Waals surface area contributed by atoms with E-state index in [4.69, 9.17) is 4.74 Å². The van der Waals surface area contributed by atoms with Crippen LogP contribution in [0.2, 0.25) is 0 Å². The molecule has 0 rings (SSSR count). The number of esters is 1. The van der Waals surface area contributed by atoms with Crippen LogP contribution in [0.5, 0.6) is 0 Å². The highest BCUT2D eigenvalue weighted by molar-refractivity contribution is 8.13. The van der Waals surface area contributed by atoms with E-state index in [2.05, 4.69) is 27.6 Å². The summed E-state index contributed by atoms with van der Waals surface area (Å²) < 4.78 is 115. The molecule has 204 valence electrons. The number of alkyl halides is 6. The van der Waals surface area contributed by atoms with Crippen molar-refractivity contribution in [2.24, 2.45) is 0 Å². The largest absolute Gasteiger partial charge is 0.480 e. The van der Waals surface area contributed by atoms with Gasteiger partial charge in [-0.05, 0) is 19.8 Å². The van der Waals surface area contributed by atoms with Crippen LogP contribution in [0.3, 0.4) is 0 Å². The van der Waals surface area contributed by atoms with Gasteiger partial charge < -0.3 is 13.3 Å². The highest BCUT2D eigenvalue weighted by Crippen LogP contribution is 2.36. The summed E-state index contributed by atoms with van der Waals surface area (Å²) in [6, 6.07) is 0. The first-order valence-electron chi connectivity index (χ1n) is 10.1. The molecule has 0 saturated heterocycles. The van der Waals surface area contributed by atoms with Gasteiger partial charge in [-0.1, -0.05) is 32.8 Å². The van der Waals surface area contributed by atoms with Crippen molar-refractivity contribution in [3.63, 3.8) is 0 Å². The fourth-order valence-corrected chi connectivity index (χ4v) is 3.96. The Morgan fingerprint density at radius 2 is 1.26 bits per heavy atom. The maximum atomic E-state index is 11.4. The van der Waals surface area contributed by atoms with Crippen molar-refractivity contribution in [1.82, 2.24) is 0 Å². The normalized spacial score (nSPS) is 13.1. The monoisotopic (exact) mass is 550 g/mol. The molecule has 0 aromatic rings. The van der Waals surface area contributed by atoms with Crippen molar-refractivity contribution in [2.45, 2.75) is 63.4 Å². The third kappa shape index (κ3) is 14.8. The Morgan fingerprint density at radius 3 is 1.65 bits per heavy atom. The van der Waals surface area contributed by atoms with Gasteiger partial charge >= 0.3 is 17.0 Å².